The maximum absolute atomic E-state index is 11.0. The van der Waals surface area contributed by atoms with Crippen molar-refractivity contribution in [3.8, 4) is 0 Å². The third kappa shape index (κ3) is 0.989. The van der Waals surface area contributed by atoms with Gasteiger partial charge in [0.1, 0.15) is 6.04 Å². The van der Waals surface area contributed by atoms with Crippen molar-refractivity contribution >= 4 is 5.97 Å². The molecule has 0 spiro atoms. The average Bonchev–Trinajstić information content (AvgIpc) is 2.65. The maximum atomic E-state index is 11.0. The van der Waals surface area contributed by atoms with E-state index in [2.05, 4.69) is 17.5 Å². The van der Waals surface area contributed by atoms with Crippen molar-refractivity contribution in [3.63, 3.8) is 0 Å². The van der Waals surface area contributed by atoms with Crippen molar-refractivity contribution < 1.29 is 9.90 Å². The zero-order valence-corrected chi connectivity index (χ0v) is 8.02. The summed E-state index contributed by atoms with van der Waals surface area (Å²) < 4.78 is 0. The fourth-order valence-electron chi connectivity index (χ4n) is 3.58. The molecule has 1 heterocycles. The van der Waals surface area contributed by atoms with E-state index in [-0.39, 0.29) is 6.04 Å². The zero-order valence-electron chi connectivity index (χ0n) is 8.02. The van der Waals surface area contributed by atoms with Gasteiger partial charge in [0.25, 0.3) is 0 Å². The van der Waals surface area contributed by atoms with Crippen LogP contribution in [0.15, 0.2) is 12.2 Å². The molecule has 4 rings (SSSR count). The number of aliphatic carboxylic acids is 1. The van der Waals surface area contributed by atoms with Gasteiger partial charge in [0.15, 0.2) is 0 Å². The van der Waals surface area contributed by atoms with Gasteiger partial charge in [-0.2, -0.15) is 0 Å². The van der Waals surface area contributed by atoms with E-state index in [4.69, 9.17) is 5.11 Å². The summed E-state index contributed by atoms with van der Waals surface area (Å²) in [6.07, 6.45) is 7.00. The largest absolute Gasteiger partial charge is 0.480 e. The molecule has 1 aliphatic heterocycles. The first-order valence-electron chi connectivity index (χ1n) is 5.42. The van der Waals surface area contributed by atoms with Crippen LogP contribution >= 0.6 is 0 Å². The highest BCUT2D eigenvalue weighted by atomic mass is 16.4. The van der Waals surface area contributed by atoms with E-state index in [1.54, 1.807) is 0 Å². The van der Waals surface area contributed by atoms with Crippen molar-refractivity contribution in [2.75, 3.05) is 6.54 Å². The molecular weight excluding hydrogens is 178 g/mol. The number of carbonyl (C=O) groups is 1. The third-order valence-corrected chi connectivity index (χ3v) is 4.20. The third-order valence-electron chi connectivity index (χ3n) is 4.20. The topological polar surface area (TPSA) is 49.3 Å². The Morgan fingerprint density at radius 1 is 1.29 bits per heavy atom. The molecule has 1 saturated carbocycles. The summed E-state index contributed by atoms with van der Waals surface area (Å²) in [7, 11) is 0. The van der Waals surface area contributed by atoms with E-state index in [1.165, 1.54) is 12.8 Å². The number of carboxylic acids is 1. The molecule has 14 heavy (non-hydrogen) atoms. The summed E-state index contributed by atoms with van der Waals surface area (Å²) in [6, 6.07) is -0.294. The lowest BCUT2D eigenvalue weighted by atomic mass is 9.62. The van der Waals surface area contributed by atoms with Crippen LogP contribution in [-0.4, -0.2) is 23.7 Å². The number of nitrogens with one attached hydrogen (secondary N) is 1. The van der Waals surface area contributed by atoms with Crippen LogP contribution in [0.3, 0.4) is 0 Å². The first-order valence-corrected chi connectivity index (χ1v) is 5.42. The van der Waals surface area contributed by atoms with Gasteiger partial charge in [-0.1, -0.05) is 12.2 Å². The second kappa shape index (κ2) is 2.83. The number of rotatable bonds is 1. The van der Waals surface area contributed by atoms with Gasteiger partial charge in [0.05, 0.1) is 0 Å². The number of allylic oxidation sites excluding steroid dienone is 2. The van der Waals surface area contributed by atoms with E-state index in [0.29, 0.717) is 23.7 Å². The van der Waals surface area contributed by atoms with E-state index < -0.39 is 5.97 Å². The maximum Gasteiger partial charge on any atom is 0.321 e. The number of hydrogen-bond donors (Lipinski definition) is 2. The minimum absolute atomic E-state index is 0.294. The van der Waals surface area contributed by atoms with Crippen LogP contribution in [0.2, 0.25) is 0 Å². The summed E-state index contributed by atoms with van der Waals surface area (Å²) >= 11 is 0. The zero-order chi connectivity index (χ0) is 9.71. The molecule has 0 radical (unpaired) electrons. The van der Waals surface area contributed by atoms with Crippen molar-refractivity contribution in [3.05, 3.63) is 12.2 Å². The van der Waals surface area contributed by atoms with Crippen LogP contribution in [-0.2, 0) is 4.79 Å². The van der Waals surface area contributed by atoms with Crippen molar-refractivity contribution in [2.24, 2.45) is 23.7 Å². The second-order valence-electron chi connectivity index (χ2n) is 4.76. The van der Waals surface area contributed by atoms with Gasteiger partial charge in [-0.15, -0.1) is 0 Å². The number of carboxylic acid groups (broad SMARTS) is 1. The molecule has 3 heteroatoms. The molecule has 4 aliphatic rings. The molecule has 2 N–H and O–H groups in total. The average molecular weight is 193 g/mol. The van der Waals surface area contributed by atoms with Gasteiger partial charge < -0.3 is 10.4 Å². The molecule has 3 nitrogen and oxygen atoms in total. The summed E-state index contributed by atoms with van der Waals surface area (Å²) in [5.41, 5.74) is 0. The Morgan fingerprint density at radius 2 is 2.00 bits per heavy atom. The second-order valence-corrected chi connectivity index (χ2v) is 4.76. The summed E-state index contributed by atoms with van der Waals surface area (Å²) in [5, 5.41) is 12.3. The van der Waals surface area contributed by atoms with Gasteiger partial charge in [-0.3, -0.25) is 4.79 Å². The SMILES string of the molecule is O=C(O)C1NCC2C3C=CC(CC3)C12. The monoisotopic (exact) mass is 193 g/mol. The van der Waals surface area contributed by atoms with E-state index >= 15 is 0 Å². The molecule has 76 valence electrons. The van der Waals surface area contributed by atoms with Gasteiger partial charge in [-0.25, -0.2) is 0 Å². The van der Waals surface area contributed by atoms with Crippen molar-refractivity contribution in [2.45, 2.75) is 18.9 Å². The smallest absolute Gasteiger partial charge is 0.321 e. The van der Waals surface area contributed by atoms with Crippen LogP contribution < -0.4 is 5.32 Å². The molecule has 5 unspecified atom stereocenters. The van der Waals surface area contributed by atoms with Gasteiger partial charge >= 0.3 is 5.97 Å². The van der Waals surface area contributed by atoms with Crippen LogP contribution in [0.1, 0.15) is 12.8 Å². The minimum Gasteiger partial charge on any atom is -0.480 e. The van der Waals surface area contributed by atoms with E-state index in [0.717, 1.165) is 6.54 Å². The van der Waals surface area contributed by atoms with Crippen LogP contribution in [0.25, 0.3) is 0 Å². The predicted molar refractivity (Wildman–Crippen MR) is 51.8 cm³/mol. The Bertz CT molecular complexity index is 300. The van der Waals surface area contributed by atoms with Crippen LogP contribution in [0.5, 0.6) is 0 Å². The Morgan fingerprint density at radius 3 is 2.64 bits per heavy atom. The Hall–Kier alpha value is -0.830. The van der Waals surface area contributed by atoms with Crippen molar-refractivity contribution in [1.29, 1.82) is 0 Å². The lowest BCUT2D eigenvalue weighted by molar-refractivity contribution is -0.141. The Labute approximate surface area is 83.2 Å². The highest BCUT2D eigenvalue weighted by Crippen LogP contribution is 2.48. The molecule has 0 aromatic heterocycles. The molecule has 2 bridgehead atoms. The quantitative estimate of drug-likeness (QED) is 0.607. The van der Waals surface area contributed by atoms with Gasteiger partial charge in [0, 0.05) is 0 Å². The molecule has 0 amide bonds. The molecule has 3 aliphatic carbocycles. The summed E-state index contributed by atoms with van der Waals surface area (Å²) in [5.74, 6) is 1.43. The van der Waals surface area contributed by atoms with Gasteiger partial charge in [-0.05, 0) is 43.1 Å². The first-order chi connectivity index (χ1) is 6.77. The highest BCUT2D eigenvalue weighted by molar-refractivity contribution is 5.74. The van der Waals surface area contributed by atoms with E-state index in [9.17, 15) is 4.79 Å². The molecule has 1 saturated heterocycles. The summed E-state index contributed by atoms with van der Waals surface area (Å²) in [4.78, 5) is 11.0. The standard InChI is InChI=1S/C11H15NO2/c13-11(14)10-9-7-3-1-6(2-4-7)8(9)5-12-10/h1,3,6-10,12H,2,4-5H2,(H,13,14). The number of hydrogen-bond acceptors (Lipinski definition) is 2. The fourth-order valence-corrected chi connectivity index (χ4v) is 3.58. The van der Waals surface area contributed by atoms with E-state index in [1.807, 2.05) is 0 Å². The highest BCUT2D eigenvalue weighted by Gasteiger charge is 2.50. The van der Waals surface area contributed by atoms with Crippen LogP contribution in [0, 0.1) is 23.7 Å². The number of fused-ring (bicyclic) bond motifs is 1. The van der Waals surface area contributed by atoms with Crippen LogP contribution in [0.4, 0.5) is 0 Å². The first kappa shape index (κ1) is 8.48. The predicted octanol–water partition coefficient (Wildman–Crippen LogP) is 0.871. The minimum atomic E-state index is -0.668. The normalized spacial score (nSPS) is 49.3. The van der Waals surface area contributed by atoms with Gasteiger partial charge in [0.2, 0.25) is 0 Å². The molecule has 5 atom stereocenters. The molecular formula is C11H15NO2. The molecule has 0 aromatic carbocycles. The fraction of sp³-hybridized carbons (Fsp3) is 0.727. The lowest BCUT2D eigenvalue weighted by Gasteiger charge is -2.42. The molecule has 0 aromatic rings. The van der Waals surface area contributed by atoms with Crippen molar-refractivity contribution in [1.82, 2.24) is 5.32 Å². The Kier molecular flexibility index (Phi) is 1.71. The summed E-state index contributed by atoms with van der Waals surface area (Å²) in [6.45, 7) is 0.896. The molecule has 2 fully saturated rings. The Balaban J connectivity index is 1.92. The lowest BCUT2D eigenvalue weighted by Crippen LogP contribution is -2.43.